The Balaban J connectivity index is 3.23. The molecule has 0 spiro atoms. The molecule has 2 N–H and O–H groups in total. The van der Waals surface area contributed by atoms with E-state index in [1.807, 2.05) is 0 Å². The van der Waals surface area contributed by atoms with Crippen molar-refractivity contribution in [2.75, 3.05) is 0 Å². The van der Waals surface area contributed by atoms with E-state index in [1.165, 1.54) is 12.3 Å². The maximum atomic E-state index is 12.2. The number of carbonyl (C=O) groups excluding carboxylic acids is 1. The van der Waals surface area contributed by atoms with Gasteiger partial charge in [0.1, 0.15) is 12.4 Å². The number of alkyl halides is 1. The molecule has 0 fully saturated rings. The first kappa shape index (κ1) is 8.64. The lowest BCUT2D eigenvalue weighted by Crippen LogP contribution is -2.15. The van der Waals surface area contributed by atoms with Crippen LogP contribution in [-0.2, 0) is 6.67 Å². The number of pyridine rings is 1. The molecule has 3 nitrogen and oxygen atoms in total. The Labute approximate surface area is 69.4 Å². The third kappa shape index (κ3) is 1.42. The summed E-state index contributed by atoms with van der Waals surface area (Å²) in [5.41, 5.74) is 6.14. The van der Waals surface area contributed by atoms with Gasteiger partial charge in [-0.2, -0.15) is 0 Å². The molecule has 1 rings (SSSR count). The largest absolute Gasteiger partial charge is 0.364 e. The molecular formula is C8H9FN2O. The number of carbonyl (C=O) groups is 1. The van der Waals surface area contributed by atoms with Crippen molar-refractivity contribution in [3.63, 3.8) is 0 Å². The van der Waals surface area contributed by atoms with Gasteiger partial charge in [-0.3, -0.25) is 9.78 Å². The zero-order chi connectivity index (χ0) is 9.14. The normalized spacial score (nSPS) is 9.83. The van der Waals surface area contributed by atoms with E-state index in [-0.39, 0.29) is 5.69 Å². The molecule has 4 heteroatoms. The lowest BCUT2D eigenvalue weighted by Gasteiger charge is -2.03. The van der Waals surface area contributed by atoms with Crippen LogP contribution in [0, 0.1) is 6.92 Å². The molecular weight excluding hydrogens is 159 g/mol. The fourth-order valence-corrected chi connectivity index (χ4v) is 0.969. The van der Waals surface area contributed by atoms with Crippen molar-refractivity contribution in [2.24, 2.45) is 5.73 Å². The van der Waals surface area contributed by atoms with E-state index in [9.17, 15) is 9.18 Å². The summed E-state index contributed by atoms with van der Waals surface area (Å²) in [6.45, 7) is 1.02. The van der Waals surface area contributed by atoms with Crippen LogP contribution in [-0.4, -0.2) is 10.9 Å². The third-order valence-corrected chi connectivity index (χ3v) is 1.69. The molecule has 0 unspecified atom stereocenters. The smallest absolute Gasteiger partial charge is 0.267 e. The molecule has 0 aliphatic heterocycles. The molecule has 1 aromatic rings. The Morgan fingerprint density at radius 3 is 2.92 bits per heavy atom. The number of nitrogens with two attached hydrogens (primary N) is 1. The molecule has 0 radical (unpaired) electrons. The van der Waals surface area contributed by atoms with E-state index in [0.29, 0.717) is 11.1 Å². The van der Waals surface area contributed by atoms with Crippen LogP contribution in [0.4, 0.5) is 4.39 Å². The quantitative estimate of drug-likeness (QED) is 0.715. The first-order chi connectivity index (χ1) is 5.66. The Morgan fingerprint density at radius 2 is 2.42 bits per heavy atom. The molecule has 0 bridgehead atoms. The van der Waals surface area contributed by atoms with Gasteiger partial charge in [0.05, 0.1) is 0 Å². The predicted octanol–water partition coefficient (Wildman–Crippen LogP) is 0.958. The van der Waals surface area contributed by atoms with Crippen LogP contribution in [0.3, 0.4) is 0 Å². The first-order valence-corrected chi connectivity index (χ1v) is 3.47. The average Bonchev–Trinajstić information content (AvgIpc) is 2.04. The maximum Gasteiger partial charge on any atom is 0.267 e. The van der Waals surface area contributed by atoms with Crippen molar-refractivity contribution >= 4 is 5.91 Å². The van der Waals surface area contributed by atoms with Crippen LogP contribution in [0.25, 0.3) is 0 Å². The van der Waals surface area contributed by atoms with E-state index in [0.717, 1.165) is 0 Å². The second-order valence-electron chi connectivity index (χ2n) is 2.44. The molecule has 1 amide bonds. The van der Waals surface area contributed by atoms with Gasteiger partial charge in [0, 0.05) is 6.20 Å². The molecule has 1 heterocycles. The van der Waals surface area contributed by atoms with Crippen molar-refractivity contribution < 1.29 is 9.18 Å². The van der Waals surface area contributed by atoms with Crippen molar-refractivity contribution in [1.82, 2.24) is 4.98 Å². The van der Waals surface area contributed by atoms with Crippen molar-refractivity contribution in [3.05, 3.63) is 29.1 Å². The zero-order valence-electron chi connectivity index (χ0n) is 6.67. The topological polar surface area (TPSA) is 56.0 Å². The van der Waals surface area contributed by atoms with Gasteiger partial charge < -0.3 is 5.73 Å². The number of rotatable bonds is 2. The second kappa shape index (κ2) is 3.30. The Hall–Kier alpha value is -1.45. The average molecular weight is 168 g/mol. The number of aromatic nitrogens is 1. The Morgan fingerprint density at radius 1 is 1.75 bits per heavy atom. The molecule has 0 saturated heterocycles. The SMILES string of the molecule is Cc1c(CF)ccnc1C(N)=O. The van der Waals surface area contributed by atoms with E-state index in [2.05, 4.69) is 4.98 Å². The highest BCUT2D eigenvalue weighted by Gasteiger charge is 2.08. The van der Waals surface area contributed by atoms with E-state index < -0.39 is 12.6 Å². The van der Waals surface area contributed by atoms with Crippen molar-refractivity contribution in [2.45, 2.75) is 13.6 Å². The summed E-state index contributed by atoms with van der Waals surface area (Å²) in [6, 6.07) is 1.53. The minimum atomic E-state index is -0.622. The van der Waals surface area contributed by atoms with Gasteiger partial charge in [-0.1, -0.05) is 0 Å². The third-order valence-electron chi connectivity index (χ3n) is 1.69. The van der Waals surface area contributed by atoms with Crippen molar-refractivity contribution in [1.29, 1.82) is 0 Å². The standard InChI is InChI=1S/C8H9FN2O/c1-5-6(4-9)2-3-11-7(5)8(10)12/h2-3H,4H2,1H3,(H2,10,12). The lowest BCUT2D eigenvalue weighted by molar-refractivity contribution is 0.0995. The number of amides is 1. The van der Waals surface area contributed by atoms with Gasteiger partial charge >= 0.3 is 0 Å². The summed E-state index contributed by atoms with van der Waals surface area (Å²) in [4.78, 5) is 14.5. The molecule has 0 aromatic carbocycles. The van der Waals surface area contributed by atoms with Gasteiger partial charge in [0.2, 0.25) is 0 Å². The molecule has 12 heavy (non-hydrogen) atoms. The number of primary amides is 1. The molecule has 1 aromatic heterocycles. The second-order valence-corrected chi connectivity index (χ2v) is 2.44. The summed E-state index contributed by atoms with van der Waals surface area (Å²) in [7, 11) is 0. The van der Waals surface area contributed by atoms with Gasteiger partial charge in [-0.25, -0.2) is 4.39 Å². The molecule has 0 atom stereocenters. The summed E-state index contributed by atoms with van der Waals surface area (Å²) >= 11 is 0. The maximum absolute atomic E-state index is 12.2. The fraction of sp³-hybridized carbons (Fsp3) is 0.250. The van der Waals surface area contributed by atoms with Crippen LogP contribution in [0.15, 0.2) is 12.3 Å². The first-order valence-electron chi connectivity index (χ1n) is 3.47. The molecule has 0 aliphatic rings. The van der Waals surface area contributed by atoms with Crippen LogP contribution in [0.1, 0.15) is 21.6 Å². The molecule has 0 aliphatic carbocycles. The summed E-state index contributed by atoms with van der Waals surface area (Å²) in [5, 5.41) is 0. The highest BCUT2D eigenvalue weighted by Crippen LogP contribution is 2.11. The lowest BCUT2D eigenvalue weighted by atomic mass is 10.1. The fourth-order valence-electron chi connectivity index (χ4n) is 0.969. The Bertz CT molecular complexity index is 312. The predicted molar refractivity (Wildman–Crippen MR) is 42.3 cm³/mol. The molecule has 64 valence electrons. The van der Waals surface area contributed by atoms with Gasteiger partial charge in [-0.05, 0) is 24.1 Å². The number of halogens is 1. The van der Waals surface area contributed by atoms with Gasteiger partial charge in [-0.15, -0.1) is 0 Å². The van der Waals surface area contributed by atoms with Crippen molar-refractivity contribution in [3.8, 4) is 0 Å². The van der Waals surface area contributed by atoms with Gasteiger partial charge in [0.25, 0.3) is 5.91 Å². The summed E-state index contributed by atoms with van der Waals surface area (Å²) in [5.74, 6) is -0.622. The zero-order valence-corrected chi connectivity index (χ0v) is 6.67. The minimum Gasteiger partial charge on any atom is -0.364 e. The monoisotopic (exact) mass is 168 g/mol. The van der Waals surface area contributed by atoms with Crippen LogP contribution >= 0.6 is 0 Å². The minimum absolute atomic E-state index is 0.144. The van der Waals surface area contributed by atoms with Crippen LogP contribution < -0.4 is 5.73 Å². The van der Waals surface area contributed by atoms with Crippen LogP contribution in [0.2, 0.25) is 0 Å². The highest BCUT2D eigenvalue weighted by atomic mass is 19.1. The Kier molecular flexibility index (Phi) is 2.38. The highest BCUT2D eigenvalue weighted by molar-refractivity contribution is 5.92. The number of nitrogens with zero attached hydrogens (tertiary/aromatic N) is 1. The summed E-state index contributed by atoms with van der Waals surface area (Å²) < 4.78 is 12.2. The number of hydrogen-bond donors (Lipinski definition) is 1. The van der Waals surface area contributed by atoms with Gasteiger partial charge in [0.15, 0.2) is 0 Å². The van der Waals surface area contributed by atoms with Crippen LogP contribution in [0.5, 0.6) is 0 Å². The number of hydrogen-bond acceptors (Lipinski definition) is 2. The van der Waals surface area contributed by atoms with E-state index in [4.69, 9.17) is 5.73 Å². The van der Waals surface area contributed by atoms with E-state index in [1.54, 1.807) is 6.92 Å². The van der Waals surface area contributed by atoms with E-state index >= 15 is 0 Å². The summed E-state index contributed by atoms with van der Waals surface area (Å²) in [6.07, 6.45) is 1.38. The molecule has 0 saturated carbocycles.